The summed E-state index contributed by atoms with van der Waals surface area (Å²) in [5, 5.41) is 17.5. The molecule has 0 spiro atoms. The van der Waals surface area contributed by atoms with Gasteiger partial charge in [0.15, 0.2) is 6.10 Å². The zero-order valence-corrected chi connectivity index (χ0v) is 10.7. The second-order valence-electron chi connectivity index (χ2n) is 4.16. The third-order valence-electron chi connectivity index (χ3n) is 2.79. The van der Waals surface area contributed by atoms with E-state index in [1.807, 2.05) is 6.07 Å². The Kier molecular flexibility index (Phi) is 4.67. The summed E-state index contributed by atoms with van der Waals surface area (Å²) in [5.41, 5.74) is 0.975. The maximum Gasteiger partial charge on any atom is 0.255 e. The molecule has 6 heteroatoms. The van der Waals surface area contributed by atoms with Crippen molar-refractivity contribution < 1.29 is 14.6 Å². The van der Waals surface area contributed by atoms with E-state index in [0.717, 1.165) is 0 Å². The van der Waals surface area contributed by atoms with Gasteiger partial charge in [-0.2, -0.15) is 5.26 Å². The molecule has 1 atom stereocenters. The summed E-state index contributed by atoms with van der Waals surface area (Å²) >= 11 is 0. The maximum atomic E-state index is 12.3. The summed E-state index contributed by atoms with van der Waals surface area (Å²) < 4.78 is 5.20. The molecule has 1 fully saturated rings. The van der Waals surface area contributed by atoms with E-state index in [-0.39, 0.29) is 19.1 Å². The van der Waals surface area contributed by atoms with Gasteiger partial charge >= 0.3 is 0 Å². The third-order valence-corrected chi connectivity index (χ3v) is 2.79. The minimum Gasteiger partial charge on any atom is -0.384 e. The molecule has 1 aliphatic heterocycles. The summed E-state index contributed by atoms with van der Waals surface area (Å²) in [6.45, 7) is 0.804. The lowest BCUT2D eigenvalue weighted by Gasteiger charge is -2.29. The number of ether oxygens (including phenoxy) is 1. The van der Waals surface area contributed by atoms with Gasteiger partial charge in [-0.05, 0) is 6.07 Å². The first-order chi connectivity index (χ1) is 9.74. The van der Waals surface area contributed by atoms with Crippen molar-refractivity contribution in [3.63, 3.8) is 0 Å². The minimum absolute atomic E-state index is 0.200. The van der Waals surface area contributed by atoms with Crippen molar-refractivity contribution in [2.24, 2.45) is 0 Å². The number of carbonyl (C=O) groups excluding carboxylic acids is 1. The van der Waals surface area contributed by atoms with Crippen molar-refractivity contribution in [3.05, 3.63) is 29.6 Å². The van der Waals surface area contributed by atoms with Crippen LogP contribution in [-0.4, -0.2) is 53.3 Å². The Morgan fingerprint density at radius 3 is 3.20 bits per heavy atom. The number of aliphatic hydroxyl groups excluding tert-OH is 1. The molecule has 20 heavy (non-hydrogen) atoms. The number of amides is 1. The van der Waals surface area contributed by atoms with Gasteiger partial charge in [0.25, 0.3) is 5.91 Å². The molecule has 0 aliphatic carbocycles. The average Bonchev–Trinajstić information content (AvgIpc) is 2.52. The summed E-state index contributed by atoms with van der Waals surface area (Å²) in [7, 11) is 0. The molecule has 6 nitrogen and oxygen atoms in total. The van der Waals surface area contributed by atoms with Crippen LogP contribution in [-0.2, 0) is 4.74 Å². The number of nitrogens with zero attached hydrogens (tertiary/aromatic N) is 3. The van der Waals surface area contributed by atoms with Gasteiger partial charge in [-0.25, -0.2) is 0 Å². The predicted molar refractivity (Wildman–Crippen MR) is 69.5 cm³/mol. The van der Waals surface area contributed by atoms with Gasteiger partial charge in [0, 0.05) is 24.5 Å². The van der Waals surface area contributed by atoms with Crippen LogP contribution in [0.3, 0.4) is 0 Å². The topological polar surface area (TPSA) is 86.5 Å². The smallest absolute Gasteiger partial charge is 0.255 e. The molecule has 1 amide bonds. The van der Waals surface area contributed by atoms with Gasteiger partial charge in [-0.3, -0.25) is 9.78 Å². The quantitative estimate of drug-likeness (QED) is 0.714. The van der Waals surface area contributed by atoms with E-state index in [0.29, 0.717) is 24.3 Å². The Hall–Kier alpha value is -2.41. The van der Waals surface area contributed by atoms with Gasteiger partial charge in [-0.1, -0.05) is 11.8 Å². The van der Waals surface area contributed by atoms with E-state index in [9.17, 15) is 4.79 Å². The van der Waals surface area contributed by atoms with E-state index in [1.54, 1.807) is 11.0 Å². The number of rotatable bonds is 1. The molecule has 0 saturated carbocycles. The standard InChI is InChI=1S/C14H13N3O3/c15-7-13-10-17(3-5-20-13)14(19)12-6-11(2-1-4-18)8-16-9-12/h6,8-9,13,18H,3-5,10H2. The summed E-state index contributed by atoms with van der Waals surface area (Å²) in [6.07, 6.45) is 2.40. The Labute approximate surface area is 116 Å². The fourth-order valence-electron chi connectivity index (χ4n) is 1.86. The van der Waals surface area contributed by atoms with Crippen molar-refractivity contribution >= 4 is 5.91 Å². The van der Waals surface area contributed by atoms with Gasteiger partial charge in [0.2, 0.25) is 0 Å². The molecule has 102 valence electrons. The highest BCUT2D eigenvalue weighted by Crippen LogP contribution is 2.10. The highest BCUT2D eigenvalue weighted by atomic mass is 16.5. The SMILES string of the molecule is N#CC1CN(C(=O)c2cncc(C#CCO)c2)CCO1. The first kappa shape index (κ1) is 14.0. The van der Waals surface area contributed by atoms with Gasteiger partial charge < -0.3 is 14.7 Å². The predicted octanol–water partition coefficient (Wildman–Crippen LogP) is -0.210. The lowest BCUT2D eigenvalue weighted by atomic mass is 10.1. The zero-order chi connectivity index (χ0) is 14.4. The highest BCUT2D eigenvalue weighted by Gasteiger charge is 2.24. The Balaban J connectivity index is 2.14. The lowest BCUT2D eigenvalue weighted by molar-refractivity contribution is 0.00345. The van der Waals surface area contributed by atoms with Crippen molar-refractivity contribution in [1.82, 2.24) is 9.88 Å². The van der Waals surface area contributed by atoms with Gasteiger partial charge in [0.1, 0.15) is 6.61 Å². The fourth-order valence-corrected chi connectivity index (χ4v) is 1.86. The van der Waals surface area contributed by atoms with E-state index < -0.39 is 6.10 Å². The van der Waals surface area contributed by atoms with Crippen molar-refractivity contribution in [2.45, 2.75) is 6.10 Å². The summed E-state index contributed by atoms with van der Waals surface area (Å²) in [4.78, 5) is 17.8. The van der Waals surface area contributed by atoms with Crippen LogP contribution in [0, 0.1) is 23.2 Å². The number of aromatic nitrogens is 1. The van der Waals surface area contributed by atoms with Crippen molar-refractivity contribution in [3.8, 4) is 17.9 Å². The van der Waals surface area contributed by atoms with Crippen molar-refractivity contribution in [2.75, 3.05) is 26.3 Å². The molecule has 1 aromatic rings. The van der Waals surface area contributed by atoms with Crippen LogP contribution in [0.25, 0.3) is 0 Å². The first-order valence-electron chi connectivity index (χ1n) is 6.10. The molecule has 0 aromatic carbocycles. The molecule has 2 heterocycles. The third kappa shape index (κ3) is 3.33. The van der Waals surface area contributed by atoms with E-state index in [4.69, 9.17) is 15.1 Å². The second kappa shape index (κ2) is 6.67. The molecule has 2 rings (SSSR count). The van der Waals surface area contributed by atoms with Gasteiger partial charge in [0.05, 0.1) is 24.8 Å². The fraction of sp³-hybridized carbons (Fsp3) is 0.357. The molecule has 1 aromatic heterocycles. The molecule has 1 N–H and O–H groups in total. The van der Waals surface area contributed by atoms with Crippen LogP contribution < -0.4 is 0 Å². The molecule has 0 radical (unpaired) electrons. The second-order valence-corrected chi connectivity index (χ2v) is 4.16. The monoisotopic (exact) mass is 271 g/mol. The Morgan fingerprint density at radius 2 is 2.45 bits per heavy atom. The number of hydrogen-bond donors (Lipinski definition) is 1. The van der Waals surface area contributed by atoms with Crippen LogP contribution in [0.15, 0.2) is 18.5 Å². The molecule has 0 bridgehead atoms. The minimum atomic E-state index is -0.585. The maximum absolute atomic E-state index is 12.3. The Morgan fingerprint density at radius 1 is 1.60 bits per heavy atom. The molecule has 1 saturated heterocycles. The number of carbonyl (C=O) groups is 1. The average molecular weight is 271 g/mol. The van der Waals surface area contributed by atoms with E-state index in [1.165, 1.54) is 12.4 Å². The molecule has 1 unspecified atom stereocenters. The summed E-state index contributed by atoms with van der Waals surface area (Å²) in [5.74, 6) is 5.01. The van der Waals surface area contributed by atoms with E-state index in [2.05, 4.69) is 16.8 Å². The number of pyridine rings is 1. The largest absolute Gasteiger partial charge is 0.384 e. The molecular formula is C14H13N3O3. The molecule has 1 aliphatic rings. The number of aliphatic hydroxyl groups is 1. The highest BCUT2D eigenvalue weighted by molar-refractivity contribution is 5.94. The van der Waals surface area contributed by atoms with Crippen LogP contribution in [0.4, 0.5) is 0 Å². The van der Waals surface area contributed by atoms with Crippen LogP contribution in [0.1, 0.15) is 15.9 Å². The molecular weight excluding hydrogens is 258 g/mol. The normalized spacial score (nSPS) is 17.8. The lowest BCUT2D eigenvalue weighted by Crippen LogP contribution is -2.45. The first-order valence-corrected chi connectivity index (χ1v) is 6.10. The van der Waals surface area contributed by atoms with Crippen molar-refractivity contribution in [1.29, 1.82) is 5.26 Å². The number of morpholine rings is 1. The van der Waals surface area contributed by atoms with Crippen LogP contribution >= 0.6 is 0 Å². The zero-order valence-electron chi connectivity index (χ0n) is 10.7. The van der Waals surface area contributed by atoms with Crippen LogP contribution in [0.5, 0.6) is 0 Å². The van der Waals surface area contributed by atoms with Crippen LogP contribution in [0.2, 0.25) is 0 Å². The van der Waals surface area contributed by atoms with Gasteiger partial charge in [-0.15, -0.1) is 0 Å². The summed E-state index contributed by atoms with van der Waals surface area (Å²) in [6, 6.07) is 3.62. The van der Waals surface area contributed by atoms with E-state index >= 15 is 0 Å². The number of hydrogen-bond acceptors (Lipinski definition) is 5. The number of nitriles is 1. The Bertz CT molecular complexity index is 598.